The summed E-state index contributed by atoms with van der Waals surface area (Å²) in [6.45, 7) is 4.00. The standard InChI is InChI=1S/C25H19I2N3O4/c1-15-6-7-16(2)23(8-15)29-25(31)19(13-28)9-18-11-21(26)24(22(27)12-18)34-14-17-4-3-5-20(10-17)30(32)33/h3-12H,14H2,1-2H3,(H,29,31)/b19-9+. The third-order valence-corrected chi connectivity index (χ3v) is 6.45. The summed E-state index contributed by atoms with van der Waals surface area (Å²) in [7, 11) is 0. The lowest BCUT2D eigenvalue weighted by atomic mass is 10.1. The van der Waals surface area contributed by atoms with Crippen molar-refractivity contribution in [3.8, 4) is 11.8 Å². The third kappa shape index (κ3) is 6.54. The third-order valence-electron chi connectivity index (χ3n) is 4.84. The topological polar surface area (TPSA) is 105 Å². The summed E-state index contributed by atoms with van der Waals surface area (Å²) in [5, 5.41) is 23.4. The van der Waals surface area contributed by atoms with E-state index in [-0.39, 0.29) is 17.9 Å². The predicted molar refractivity (Wildman–Crippen MR) is 147 cm³/mol. The predicted octanol–water partition coefficient (Wildman–Crippen LogP) is 6.55. The van der Waals surface area contributed by atoms with Crippen LogP contribution in [-0.4, -0.2) is 10.8 Å². The number of aryl methyl sites for hydroxylation is 2. The molecule has 0 spiro atoms. The van der Waals surface area contributed by atoms with Crippen LogP contribution in [0.5, 0.6) is 5.75 Å². The zero-order valence-corrected chi connectivity index (χ0v) is 22.6. The van der Waals surface area contributed by atoms with Gasteiger partial charge in [-0.1, -0.05) is 24.3 Å². The molecule has 172 valence electrons. The fourth-order valence-corrected chi connectivity index (χ4v) is 5.22. The fraction of sp³-hybridized carbons (Fsp3) is 0.120. The molecule has 3 rings (SSSR count). The van der Waals surface area contributed by atoms with E-state index in [1.165, 1.54) is 18.2 Å². The van der Waals surface area contributed by atoms with Crippen LogP contribution in [0, 0.1) is 42.4 Å². The lowest BCUT2D eigenvalue weighted by molar-refractivity contribution is -0.384. The second-order valence-electron chi connectivity index (χ2n) is 7.47. The Labute approximate surface area is 224 Å². The van der Waals surface area contributed by atoms with Gasteiger partial charge in [0, 0.05) is 17.8 Å². The van der Waals surface area contributed by atoms with E-state index in [4.69, 9.17) is 4.74 Å². The highest BCUT2D eigenvalue weighted by atomic mass is 127. The minimum atomic E-state index is -0.479. The summed E-state index contributed by atoms with van der Waals surface area (Å²) < 4.78 is 7.49. The lowest BCUT2D eigenvalue weighted by Gasteiger charge is -2.12. The Kier molecular flexibility index (Phi) is 8.62. The molecule has 3 aromatic rings. The van der Waals surface area contributed by atoms with E-state index in [9.17, 15) is 20.2 Å². The van der Waals surface area contributed by atoms with Gasteiger partial charge >= 0.3 is 0 Å². The number of anilines is 1. The molecule has 0 fully saturated rings. The number of nitro groups is 1. The van der Waals surface area contributed by atoms with Gasteiger partial charge in [0.05, 0.1) is 12.1 Å². The molecule has 0 aliphatic carbocycles. The van der Waals surface area contributed by atoms with Gasteiger partial charge in [-0.05, 0) is 106 Å². The van der Waals surface area contributed by atoms with Crippen molar-refractivity contribution in [1.82, 2.24) is 0 Å². The Balaban J connectivity index is 1.79. The maximum atomic E-state index is 12.7. The first-order valence-corrected chi connectivity index (χ1v) is 12.2. The molecule has 3 aromatic carbocycles. The largest absolute Gasteiger partial charge is 0.487 e. The quantitative estimate of drug-likeness (QED) is 0.100. The first-order chi connectivity index (χ1) is 16.2. The van der Waals surface area contributed by atoms with E-state index >= 15 is 0 Å². The van der Waals surface area contributed by atoms with Crippen LogP contribution < -0.4 is 10.1 Å². The summed E-state index contributed by atoms with van der Waals surface area (Å²) in [5.41, 5.74) is 3.94. The number of hydrogen-bond acceptors (Lipinski definition) is 5. The van der Waals surface area contributed by atoms with Gasteiger partial charge in [0.1, 0.15) is 24.0 Å². The van der Waals surface area contributed by atoms with Crippen LogP contribution in [0.1, 0.15) is 22.3 Å². The number of ether oxygens (including phenoxy) is 1. The monoisotopic (exact) mass is 679 g/mol. The molecule has 0 aliphatic heterocycles. The van der Waals surface area contributed by atoms with E-state index in [1.54, 1.807) is 12.1 Å². The van der Waals surface area contributed by atoms with Crippen LogP contribution >= 0.6 is 45.2 Å². The van der Waals surface area contributed by atoms with Gasteiger partial charge in [0.15, 0.2) is 0 Å². The second kappa shape index (κ2) is 11.4. The molecule has 34 heavy (non-hydrogen) atoms. The van der Waals surface area contributed by atoms with Crippen molar-refractivity contribution in [1.29, 1.82) is 5.26 Å². The number of rotatable bonds is 7. The number of nitro benzene ring substituents is 1. The molecule has 0 heterocycles. The van der Waals surface area contributed by atoms with Gasteiger partial charge in [-0.25, -0.2) is 0 Å². The number of hydrogen-bond donors (Lipinski definition) is 1. The summed E-state index contributed by atoms with van der Waals surface area (Å²) in [4.78, 5) is 23.2. The van der Waals surface area contributed by atoms with Crippen molar-refractivity contribution in [2.24, 2.45) is 0 Å². The van der Waals surface area contributed by atoms with Crippen LogP contribution in [0.25, 0.3) is 6.08 Å². The van der Waals surface area contributed by atoms with E-state index in [2.05, 4.69) is 50.5 Å². The average molecular weight is 679 g/mol. The maximum Gasteiger partial charge on any atom is 0.269 e. The molecule has 0 bridgehead atoms. The van der Waals surface area contributed by atoms with E-state index in [0.717, 1.165) is 18.3 Å². The molecular weight excluding hydrogens is 660 g/mol. The molecule has 0 saturated heterocycles. The number of nitrogens with one attached hydrogen (secondary N) is 1. The van der Waals surface area contributed by atoms with Gasteiger partial charge < -0.3 is 10.1 Å². The highest BCUT2D eigenvalue weighted by Gasteiger charge is 2.14. The van der Waals surface area contributed by atoms with Crippen molar-refractivity contribution < 1.29 is 14.5 Å². The van der Waals surface area contributed by atoms with Crippen LogP contribution in [0.2, 0.25) is 0 Å². The smallest absolute Gasteiger partial charge is 0.269 e. The summed E-state index contributed by atoms with van der Waals surface area (Å²) in [6, 6.07) is 17.6. The zero-order chi connectivity index (χ0) is 24.8. The van der Waals surface area contributed by atoms with Gasteiger partial charge in [0.2, 0.25) is 0 Å². The average Bonchev–Trinajstić information content (AvgIpc) is 2.79. The van der Waals surface area contributed by atoms with Crippen LogP contribution in [0.15, 0.2) is 60.2 Å². The Morgan fingerprint density at radius 3 is 2.50 bits per heavy atom. The maximum absolute atomic E-state index is 12.7. The molecule has 7 nitrogen and oxygen atoms in total. The summed E-state index contributed by atoms with van der Waals surface area (Å²) in [6.07, 6.45) is 1.54. The number of halogens is 2. The fourth-order valence-electron chi connectivity index (χ4n) is 3.09. The van der Waals surface area contributed by atoms with Crippen LogP contribution in [-0.2, 0) is 11.4 Å². The van der Waals surface area contributed by atoms with Crippen molar-refractivity contribution in [3.63, 3.8) is 0 Å². The zero-order valence-electron chi connectivity index (χ0n) is 18.3. The highest BCUT2D eigenvalue weighted by Crippen LogP contribution is 2.31. The normalized spacial score (nSPS) is 11.0. The van der Waals surface area contributed by atoms with Crippen LogP contribution in [0.4, 0.5) is 11.4 Å². The number of carbonyl (C=O) groups excluding carboxylic acids is 1. The molecule has 0 unspecified atom stereocenters. The number of nitrogens with zero attached hydrogens (tertiary/aromatic N) is 2. The molecule has 9 heteroatoms. The number of benzene rings is 3. The number of non-ortho nitro benzene ring substituents is 1. The SMILES string of the molecule is Cc1ccc(C)c(NC(=O)/C(C#N)=C/c2cc(I)c(OCc3cccc([N+](=O)[O-])c3)c(I)c2)c1. The van der Waals surface area contributed by atoms with Gasteiger partial charge in [-0.15, -0.1) is 0 Å². The van der Waals surface area contributed by atoms with Crippen molar-refractivity contribution in [2.75, 3.05) is 5.32 Å². The van der Waals surface area contributed by atoms with Gasteiger partial charge in [-0.3, -0.25) is 14.9 Å². The number of amides is 1. The molecule has 0 aromatic heterocycles. The number of carbonyl (C=O) groups is 1. The summed E-state index contributed by atoms with van der Waals surface area (Å²) in [5.74, 6) is 0.149. The molecule has 1 N–H and O–H groups in total. The van der Waals surface area contributed by atoms with Gasteiger partial charge in [-0.2, -0.15) is 5.26 Å². The Hall–Kier alpha value is -2.98. The second-order valence-corrected chi connectivity index (χ2v) is 9.80. The van der Waals surface area contributed by atoms with Crippen molar-refractivity contribution in [2.45, 2.75) is 20.5 Å². The first kappa shape index (κ1) is 25.6. The molecule has 0 aliphatic rings. The number of nitriles is 1. The molecular formula is C25H19I2N3O4. The van der Waals surface area contributed by atoms with Crippen molar-refractivity contribution >= 4 is 68.5 Å². The Bertz CT molecular complexity index is 1320. The van der Waals surface area contributed by atoms with Gasteiger partial charge in [0.25, 0.3) is 11.6 Å². The molecule has 1 amide bonds. The van der Waals surface area contributed by atoms with E-state index < -0.39 is 10.8 Å². The van der Waals surface area contributed by atoms with Crippen molar-refractivity contribution in [3.05, 3.63) is 99.7 Å². The molecule has 0 atom stereocenters. The van der Waals surface area contributed by atoms with E-state index in [0.29, 0.717) is 22.6 Å². The highest BCUT2D eigenvalue weighted by molar-refractivity contribution is 14.1. The Morgan fingerprint density at radius 1 is 1.15 bits per heavy atom. The minimum Gasteiger partial charge on any atom is -0.487 e. The lowest BCUT2D eigenvalue weighted by Crippen LogP contribution is -2.14. The van der Waals surface area contributed by atoms with E-state index in [1.807, 2.05) is 50.2 Å². The van der Waals surface area contributed by atoms with Crippen LogP contribution in [0.3, 0.4) is 0 Å². The first-order valence-electron chi connectivity index (χ1n) is 10.0. The molecule has 0 saturated carbocycles. The minimum absolute atomic E-state index is 0.00847. The summed E-state index contributed by atoms with van der Waals surface area (Å²) >= 11 is 4.25. The molecule has 0 radical (unpaired) electrons. The Morgan fingerprint density at radius 2 is 1.85 bits per heavy atom.